The SMILES string of the molecule is Fc1cc(-n2c(-c3cccs3)n[nH]c2=S)cc(F)c1F. The predicted molar refractivity (Wildman–Crippen MR) is 71.9 cm³/mol. The van der Waals surface area contributed by atoms with Crippen LogP contribution in [0.15, 0.2) is 29.6 Å². The van der Waals surface area contributed by atoms with E-state index in [2.05, 4.69) is 10.2 Å². The normalized spacial score (nSPS) is 10.9. The molecule has 0 spiro atoms. The van der Waals surface area contributed by atoms with Crippen molar-refractivity contribution in [2.24, 2.45) is 0 Å². The molecule has 0 unspecified atom stereocenters. The Balaban J connectivity index is 2.26. The number of aromatic amines is 1. The van der Waals surface area contributed by atoms with Gasteiger partial charge in [-0.2, -0.15) is 5.10 Å². The molecule has 2 heterocycles. The molecule has 0 saturated heterocycles. The molecule has 0 fully saturated rings. The van der Waals surface area contributed by atoms with Gasteiger partial charge in [-0.05, 0) is 23.7 Å². The quantitative estimate of drug-likeness (QED) is 0.571. The molecule has 8 heteroatoms. The number of halogens is 3. The van der Waals surface area contributed by atoms with E-state index in [4.69, 9.17) is 12.2 Å². The molecule has 0 atom stereocenters. The fourth-order valence-electron chi connectivity index (χ4n) is 1.78. The molecule has 1 N–H and O–H groups in total. The molecule has 0 aliphatic rings. The number of nitrogens with one attached hydrogen (secondary N) is 1. The molecular weight excluding hydrogens is 307 g/mol. The second-order valence-corrected chi connectivity index (χ2v) is 5.22. The Morgan fingerprint density at radius 1 is 1.20 bits per heavy atom. The minimum atomic E-state index is -1.51. The summed E-state index contributed by atoms with van der Waals surface area (Å²) in [6, 6.07) is 5.36. The number of hydrogen-bond donors (Lipinski definition) is 1. The zero-order valence-electron chi connectivity index (χ0n) is 9.73. The van der Waals surface area contributed by atoms with E-state index in [1.165, 1.54) is 15.9 Å². The Morgan fingerprint density at radius 2 is 1.90 bits per heavy atom. The first-order valence-electron chi connectivity index (χ1n) is 5.44. The summed E-state index contributed by atoms with van der Waals surface area (Å²) in [5.74, 6) is -3.66. The largest absolute Gasteiger partial charge is 0.267 e. The molecule has 0 bridgehead atoms. The third kappa shape index (κ3) is 2.06. The Bertz CT molecular complexity index is 798. The van der Waals surface area contributed by atoms with Crippen molar-refractivity contribution in [2.45, 2.75) is 0 Å². The summed E-state index contributed by atoms with van der Waals surface area (Å²) in [5, 5.41) is 8.43. The molecule has 3 nitrogen and oxygen atoms in total. The molecule has 0 amide bonds. The lowest BCUT2D eigenvalue weighted by atomic mass is 10.2. The smallest absolute Gasteiger partial charge is 0.200 e. The third-order valence-corrected chi connectivity index (χ3v) is 3.78. The van der Waals surface area contributed by atoms with Crippen LogP contribution in [0.2, 0.25) is 0 Å². The molecule has 3 aromatic rings. The monoisotopic (exact) mass is 313 g/mol. The molecule has 3 rings (SSSR count). The van der Waals surface area contributed by atoms with Crippen molar-refractivity contribution < 1.29 is 13.2 Å². The number of benzene rings is 1. The maximum absolute atomic E-state index is 13.3. The van der Waals surface area contributed by atoms with Gasteiger partial charge in [-0.15, -0.1) is 11.3 Å². The van der Waals surface area contributed by atoms with Gasteiger partial charge in [0, 0.05) is 12.1 Å². The van der Waals surface area contributed by atoms with E-state index in [-0.39, 0.29) is 10.5 Å². The molecule has 0 saturated carbocycles. The number of aromatic nitrogens is 3. The van der Waals surface area contributed by atoms with Crippen molar-refractivity contribution in [1.29, 1.82) is 0 Å². The van der Waals surface area contributed by atoms with E-state index in [9.17, 15) is 13.2 Å². The fourth-order valence-corrected chi connectivity index (χ4v) is 2.72. The lowest BCUT2D eigenvalue weighted by Gasteiger charge is -2.06. The van der Waals surface area contributed by atoms with Gasteiger partial charge in [0.1, 0.15) is 0 Å². The number of thiophene rings is 1. The average Bonchev–Trinajstić information content (AvgIpc) is 3.04. The van der Waals surface area contributed by atoms with Crippen LogP contribution in [0.1, 0.15) is 0 Å². The minimum absolute atomic E-state index is 0.0727. The van der Waals surface area contributed by atoms with Gasteiger partial charge in [-0.3, -0.25) is 9.67 Å². The first-order chi connectivity index (χ1) is 9.58. The lowest BCUT2D eigenvalue weighted by Crippen LogP contribution is -2.01. The van der Waals surface area contributed by atoms with Gasteiger partial charge in [0.15, 0.2) is 28.0 Å². The first kappa shape index (κ1) is 13.1. The number of rotatable bonds is 2. The van der Waals surface area contributed by atoms with E-state index in [0.717, 1.165) is 17.0 Å². The summed E-state index contributed by atoms with van der Waals surface area (Å²) in [6.07, 6.45) is 0. The van der Waals surface area contributed by atoms with Gasteiger partial charge in [0.25, 0.3) is 0 Å². The van der Waals surface area contributed by atoms with E-state index in [1.807, 2.05) is 11.4 Å². The summed E-state index contributed by atoms with van der Waals surface area (Å²) in [7, 11) is 0. The van der Waals surface area contributed by atoms with E-state index in [0.29, 0.717) is 5.82 Å². The number of H-pyrrole nitrogens is 1. The van der Waals surface area contributed by atoms with Crippen LogP contribution in [0, 0.1) is 22.2 Å². The maximum Gasteiger partial charge on any atom is 0.200 e. The van der Waals surface area contributed by atoms with Crippen molar-refractivity contribution in [1.82, 2.24) is 14.8 Å². The van der Waals surface area contributed by atoms with Crippen LogP contribution in [-0.2, 0) is 0 Å². The standard InChI is InChI=1S/C12H6F3N3S2/c13-7-4-6(5-8(14)10(7)15)18-11(16-17-12(18)19)9-2-1-3-20-9/h1-5H,(H,17,19). The van der Waals surface area contributed by atoms with E-state index in [1.54, 1.807) is 6.07 Å². The van der Waals surface area contributed by atoms with Crippen molar-refractivity contribution in [3.8, 4) is 16.4 Å². The molecule has 0 aliphatic heterocycles. The lowest BCUT2D eigenvalue weighted by molar-refractivity contribution is 0.446. The Labute approximate surface area is 120 Å². The number of nitrogens with zero attached hydrogens (tertiary/aromatic N) is 2. The second-order valence-electron chi connectivity index (χ2n) is 3.89. The summed E-state index contributed by atoms with van der Waals surface area (Å²) in [4.78, 5) is 0.766. The highest BCUT2D eigenvalue weighted by molar-refractivity contribution is 7.71. The van der Waals surface area contributed by atoms with E-state index >= 15 is 0 Å². The van der Waals surface area contributed by atoms with Crippen molar-refractivity contribution in [3.63, 3.8) is 0 Å². The van der Waals surface area contributed by atoms with Crippen molar-refractivity contribution in [3.05, 3.63) is 51.9 Å². The topological polar surface area (TPSA) is 33.6 Å². The van der Waals surface area contributed by atoms with Gasteiger partial charge >= 0.3 is 0 Å². The van der Waals surface area contributed by atoms with Crippen LogP contribution in [0.3, 0.4) is 0 Å². The summed E-state index contributed by atoms with van der Waals surface area (Å²) in [6.45, 7) is 0. The van der Waals surface area contributed by atoms with Crippen LogP contribution >= 0.6 is 23.6 Å². The van der Waals surface area contributed by atoms with Crippen molar-refractivity contribution in [2.75, 3.05) is 0 Å². The van der Waals surface area contributed by atoms with Gasteiger partial charge in [-0.1, -0.05) is 6.07 Å². The molecule has 0 aliphatic carbocycles. The Morgan fingerprint density at radius 3 is 2.50 bits per heavy atom. The molecule has 0 radical (unpaired) electrons. The third-order valence-electron chi connectivity index (χ3n) is 2.64. The second kappa shape index (κ2) is 4.88. The summed E-state index contributed by atoms with van der Waals surface area (Å²) >= 11 is 6.46. The zero-order chi connectivity index (χ0) is 14.3. The molecule has 1 aromatic carbocycles. The molecule has 20 heavy (non-hydrogen) atoms. The molecular formula is C12H6F3N3S2. The molecule has 102 valence electrons. The van der Waals surface area contributed by atoms with Crippen LogP contribution in [0.4, 0.5) is 13.2 Å². The molecule has 2 aromatic heterocycles. The zero-order valence-corrected chi connectivity index (χ0v) is 11.4. The predicted octanol–water partition coefficient (Wildman–Crippen LogP) is 4.08. The van der Waals surface area contributed by atoms with Crippen LogP contribution < -0.4 is 0 Å². The van der Waals surface area contributed by atoms with E-state index < -0.39 is 17.5 Å². The minimum Gasteiger partial charge on any atom is -0.267 e. The number of hydrogen-bond acceptors (Lipinski definition) is 3. The van der Waals surface area contributed by atoms with Crippen LogP contribution in [0.25, 0.3) is 16.4 Å². The van der Waals surface area contributed by atoms with Gasteiger partial charge < -0.3 is 0 Å². The fraction of sp³-hybridized carbons (Fsp3) is 0. The van der Waals surface area contributed by atoms with Gasteiger partial charge in [0.05, 0.1) is 10.6 Å². The maximum atomic E-state index is 13.3. The summed E-state index contributed by atoms with van der Waals surface area (Å²) < 4.78 is 41.2. The van der Waals surface area contributed by atoms with Crippen LogP contribution in [0.5, 0.6) is 0 Å². The highest BCUT2D eigenvalue weighted by Crippen LogP contribution is 2.26. The average molecular weight is 313 g/mol. The first-order valence-corrected chi connectivity index (χ1v) is 6.73. The highest BCUT2D eigenvalue weighted by Gasteiger charge is 2.16. The Kier molecular flexibility index (Phi) is 3.19. The van der Waals surface area contributed by atoms with Gasteiger partial charge in [0.2, 0.25) is 0 Å². The summed E-state index contributed by atoms with van der Waals surface area (Å²) in [5.41, 5.74) is 0.0727. The van der Waals surface area contributed by atoms with Gasteiger partial charge in [-0.25, -0.2) is 13.2 Å². The van der Waals surface area contributed by atoms with Crippen molar-refractivity contribution >= 4 is 23.6 Å². The van der Waals surface area contributed by atoms with Crippen LogP contribution in [-0.4, -0.2) is 14.8 Å². The Hall–Kier alpha value is -1.93. The highest BCUT2D eigenvalue weighted by atomic mass is 32.1.